The Morgan fingerprint density at radius 1 is 1.21 bits per heavy atom. The number of amides is 1. The second kappa shape index (κ2) is 7.43. The van der Waals surface area contributed by atoms with E-state index in [4.69, 9.17) is 11.6 Å². The standard InChI is InChI=1S/C17H16F4N6O/c18-12-7-24-16(25-8-12)27(23)14-4-5-26(9-13(14)22)15(28)10-2-1-3-11(6-10)17(19,20)21/h1-3,6-8H,4-5,9,22-23H2. The third-order valence-corrected chi connectivity index (χ3v) is 4.19. The largest absolute Gasteiger partial charge is 0.416 e. The fourth-order valence-electron chi connectivity index (χ4n) is 2.79. The molecule has 0 bridgehead atoms. The normalized spacial score (nSPS) is 15.0. The van der Waals surface area contributed by atoms with Gasteiger partial charge in [-0.2, -0.15) is 13.2 Å². The molecular formula is C17H16F4N6O. The van der Waals surface area contributed by atoms with E-state index in [1.807, 2.05) is 0 Å². The molecule has 0 atom stereocenters. The molecule has 1 aromatic heterocycles. The van der Waals surface area contributed by atoms with Crippen molar-refractivity contribution in [3.63, 3.8) is 0 Å². The molecule has 4 N–H and O–H groups in total. The lowest BCUT2D eigenvalue weighted by Crippen LogP contribution is -2.44. The predicted octanol–water partition coefficient (Wildman–Crippen LogP) is 2.03. The average Bonchev–Trinajstić information content (AvgIpc) is 2.67. The van der Waals surface area contributed by atoms with Crippen molar-refractivity contribution in [3.8, 4) is 0 Å². The highest BCUT2D eigenvalue weighted by Gasteiger charge is 2.32. The summed E-state index contributed by atoms with van der Waals surface area (Å²) < 4.78 is 51.5. The highest BCUT2D eigenvalue weighted by molar-refractivity contribution is 5.94. The van der Waals surface area contributed by atoms with Crippen LogP contribution in [0.3, 0.4) is 0 Å². The Kier molecular flexibility index (Phi) is 5.18. The first-order valence-electron chi connectivity index (χ1n) is 8.13. The van der Waals surface area contributed by atoms with E-state index in [1.165, 1.54) is 17.0 Å². The Morgan fingerprint density at radius 2 is 1.89 bits per heavy atom. The lowest BCUT2D eigenvalue weighted by molar-refractivity contribution is -0.137. The molecular weight excluding hydrogens is 380 g/mol. The van der Waals surface area contributed by atoms with Crippen LogP contribution in [0.25, 0.3) is 0 Å². The number of alkyl halides is 3. The molecule has 1 amide bonds. The van der Waals surface area contributed by atoms with E-state index in [0.717, 1.165) is 29.5 Å². The predicted molar refractivity (Wildman–Crippen MR) is 91.8 cm³/mol. The Morgan fingerprint density at radius 3 is 2.50 bits per heavy atom. The van der Waals surface area contributed by atoms with Crippen LogP contribution in [0.4, 0.5) is 23.5 Å². The number of carbonyl (C=O) groups excluding carboxylic acids is 1. The fourth-order valence-corrected chi connectivity index (χ4v) is 2.79. The molecule has 0 radical (unpaired) electrons. The van der Waals surface area contributed by atoms with Gasteiger partial charge in [0, 0.05) is 24.2 Å². The van der Waals surface area contributed by atoms with Crippen LogP contribution in [0.15, 0.2) is 48.1 Å². The topological polar surface area (TPSA) is 101 Å². The number of halogens is 4. The second-order valence-corrected chi connectivity index (χ2v) is 6.10. The maximum atomic E-state index is 12.9. The van der Waals surface area contributed by atoms with Crippen molar-refractivity contribution in [1.29, 1.82) is 0 Å². The van der Waals surface area contributed by atoms with Gasteiger partial charge in [-0.25, -0.2) is 25.2 Å². The van der Waals surface area contributed by atoms with Gasteiger partial charge in [0.15, 0.2) is 5.82 Å². The first-order valence-corrected chi connectivity index (χ1v) is 8.13. The fraction of sp³-hybridized carbons (Fsp3) is 0.235. The molecule has 0 unspecified atom stereocenters. The maximum Gasteiger partial charge on any atom is 0.416 e. The Balaban J connectivity index is 1.77. The van der Waals surface area contributed by atoms with Gasteiger partial charge in [-0.3, -0.25) is 4.79 Å². The molecule has 11 heteroatoms. The van der Waals surface area contributed by atoms with Crippen molar-refractivity contribution in [2.45, 2.75) is 12.6 Å². The quantitative estimate of drug-likeness (QED) is 0.468. The van der Waals surface area contributed by atoms with Crippen LogP contribution in [0.1, 0.15) is 22.3 Å². The summed E-state index contributed by atoms with van der Waals surface area (Å²) in [5, 5.41) is 1.10. The lowest BCUT2D eigenvalue weighted by Gasteiger charge is -2.32. The molecule has 0 saturated carbocycles. The Bertz CT molecular complexity index is 913. The van der Waals surface area contributed by atoms with E-state index >= 15 is 0 Å². The van der Waals surface area contributed by atoms with E-state index < -0.39 is 23.5 Å². The zero-order chi connectivity index (χ0) is 20.5. The van der Waals surface area contributed by atoms with Gasteiger partial charge in [0.2, 0.25) is 5.95 Å². The van der Waals surface area contributed by atoms with Crippen molar-refractivity contribution in [3.05, 3.63) is 65.0 Å². The summed E-state index contributed by atoms with van der Waals surface area (Å²) in [7, 11) is 0. The van der Waals surface area contributed by atoms with Gasteiger partial charge >= 0.3 is 6.18 Å². The summed E-state index contributed by atoms with van der Waals surface area (Å²) in [5.74, 6) is 4.76. The van der Waals surface area contributed by atoms with Crippen molar-refractivity contribution in [1.82, 2.24) is 14.9 Å². The smallest absolute Gasteiger partial charge is 0.399 e. The summed E-state index contributed by atoms with van der Waals surface area (Å²) >= 11 is 0. The van der Waals surface area contributed by atoms with E-state index in [-0.39, 0.29) is 36.7 Å². The van der Waals surface area contributed by atoms with Crippen molar-refractivity contribution in [2.75, 3.05) is 18.1 Å². The SMILES string of the molecule is NC1=C(N(N)c2ncc(F)cn2)CCN(C(=O)c2cccc(C(F)(F)F)c2)C1. The monoisotopic (exact) mass is 396 g/mol. The summed E-state index contributed by atoms with van der Waals surface area (Å²) in [4.78, 5) is 21.4. The molecule has 1 aliphatic rings. The van der Waals surface area contributed by atoms with Gasteiger partial charge in [-0.05, 0) is 18.2 Å². The maximum absolute atomic E-state index is 12.9. The number of rotatable bonds is 3. The summed E-state index contributed by atoms with van der Waals surface area (Å²) in [6, 6.07) is 4.19. The number of hydrogen-bond acceptors (Lipinski definition) is 6. The van der Waals surface area contributed by atoms with Crippen LogP contribution in [0.2, 0.25) is 0 Å². The van der Waals surface area contributed by atoms with Gasteiger partial charge in [-0.15, -0.1) is 0 Å². The molecule has 2 heterocycles. The molecule has 7 nitrogen and oxygen atoms in total. The van der Waals surface area contributed by atoms with Crippen LogP contribution in [-0.2, 0) is 6.18 Å². The second-order valence-electron chi connectivity index (χ2n) is 6.10. The minimum Gasteiger partial charge on any atom is -0.399 e. The molecule has 1 aliphatic heterocycles. The van der Waals surface area contributed by atoms with Gasteiger partial charge in [-0.1, -0.05) is 6.07 Å². The van der Waals surface area contributed by atoms with Gasteiger partial charge in [0.1, 0.15) is 0 Å². The van der Waals surface area contributed by atoms with Crippen LogP contribution in [-0.4, -0.2) is 33.9 Å². The first-order chi connectivity index (χ1) is 13.2. The van der Waals surface area contributed by atoms with Crippen molar-refractivity contribution in [2.24, 2.45) is 11.6 Å². The molecule has 0 spiro atoms. The first kappa shape index (κ1) is 19.5. The van der Waals surface area contributed by atoms with Crippen molar-refractivity contribution < 1.29 is 22.4 Å². The summed E-state index contributed by atoms with van der Waals surface area (Å²) in [6.45, 7) is 0.152. The summed E-state index contributed by atoms with van der Waals surface area (Å²) in [5.41, 5.74) is 5.70. The molecule has 148 valence electrons. The Hall–Kier alpha value is -3.21. The third kappa shape index (κ3) is 4.03. The molecule has 0 fully saturated rings. The molecule has 3 rings (SSSR count). The zero-order valence-corrected chi connectivity index (χ0v) is 14.4. The number of hydrazine groups is 1. The van der Waals surface area contributed by atoms with E-state index in [2.05, 4.69) is 9.97 Å². The zero-order valence-electron chi connectivity index (χ0n) is 14.4. The highest BCUT2D eigenvalue weighted by Crippen LogP contribution is 2.30. The van der Waals surface area contributed by atoms with Crippen molar-refractivity contribution >= 4 is 11.9 Å². The van der Waals surface area contributed by atoms with Crippen LogP contribution >= 0.6 is 0 Å². The highest BCUT2D eigenvalue weighted by atomic mass is 19.4. The van der Waals surface area contributed by atoms with Crippen LogP contribution < -0.4 is 16.6 Å². The lowest BCUT2D eigenvalue weighted by atomic mass is 10.1. The van der Waals surface area contributed by atoms with Gasteiger partial charge in [0.05, 0.1) is 30.2 Å². The third-order valence-electron chi connectivity index (χ3n) is 4.19. The number of carbonyl (C=O) groups is 1. The van der Waals surface area contributed by atoms with E-state index in [9.17, 15) is 22.4 Å². The number of nitrogens with zero attached hydrogens (tertiary/aromatic N) is 4. The number of anilines is 1. The van der Waals surface area contributed by atoms with Gasteiger partial charge in [0.25, 0.3) is 5.91 Å². The minimum absolute atomic E-state index is 0.0250. The molecule has 1 aromatic carbocycles. The molecule has 0 aliphatic carbocycles. The molecule has 0 saturated heterocycles. The Labute approximate surface area is 157 Å². The van der Waals surface area contributed by atoms with Gasteiger partial charge < -0.3 is 10.6 Å². The molecule has 2 aromatic rings. The average molecular weight is 396 g/mol. The van der Waals surface area contributed by atoms with E-state index in [0.29, 0.717) is 5.70 Å². The minimum atomic E-state index is -4.54. The van der Waals surface area contributed by atoms with E-state index in [1.54, 1.807) is 0 Å². The summed E-state index contributed by atoms with van der Waals surface area (Å²) in [6.07, 6.45) is -2.41. The van der Waals surface area contributed by atoms with Crippen LogP contribution in [0.5, 0.6) is 0 Å². The number of aromatic nitrogens is 2. The molecule has 28 heavy (non-hydrogen) atoms. The number of benzene rings is 1. The number of hydrogen-bond donors (Lipinski definition) is 2. The van der Waals surface area contributed by atoms with Crippen LogP contribution in [0, 0.1) is 5.82 Å². The number of nitrogens with two attached hydrogens (primary N) is 2.